The number of carboxylic acid groups (broad SMARTS) is 1. The number of rotatable bonds is 4. The van der Waals surface area contributed by atoms with Gasteiger partial charge in [-0.15, -0.1) is 0 Å². The molecular weight excluding hydrogens is 336 g/mol. The Morgan fingerprint density at radius 2 is 1.59 bits per heavy atom. The van der Waals surface area contributed by atoms with E-state index in [4.69, 9.17) is 0 Å². The Morgan fingerprint density at radius 1 is 1.04 bits per heavy atom. The van der Waals surface area contributed by atoms with Crippen molar-refractivity contribution in [1.82, 2.24) is 4.90 Å². The van der Waals surface area contributed by atoms with Gasteiger partial charge in [0.2, 0.25) is 0 Å². The van der Waals surface area contributed by atoms with Crippen molar-refractivity contribution >= 4 is 11.7 Å². The Morgan fingerprint density at radius 3 is 2.07 bits per heavy atom. The Hall–Kier alpha value is -2.33. The molecule has 0 bridgehead atoms. The lowest BCUT2D eigenvalue weighted by atomic mass is 10.00. The molecule has 1 aliphatic heterocycles. The van der Waals surface area contributed by atoms with E-state index in [1.807, 2.05) is 62.4 Å². The van der Waals surface area contributed by atoms with Crippen LogP contribution in [0.5, 0.6) is 0 Å². The first-order valence-corrected chi connectivity index (χ1v) is 9.67. The predicted octanol–water partition coefficient (Wildman–Crippen LogP) is 4.89. The molecule has 0 spiro atoms. The van der Waals surface area contributed by atoms with Gasteiger partial charge in [-0.25, -0.2) is 4.79 Å². The van der Waals surface area contributed by atoms with Gasteiger partial charge in [0.05, 0.1) is 0 Å². The average molecular weight is 369 g/mol. The first-order valence-electron chi connectivity index (χ1n) is 9.67. The molecule has 4 heteroatoms. The van der Waals surface area contributed by atoms with Gasteiger partial charge < -0.3 is 15.3 Å². The van der Waals surface area contributed by atoms with Gasteiger partial charge in [-0.3, -0.25) is 0 Å². The van der Waals surface area contributed by atoms with E-state index in [0.717, 1.165) is 28.3 Å². The molecule has 0 aromatic heterocycles. The minimum absolute atomic E-state index is 0.735. The lowest BCUT2D eigenvalue weighted by molar-refractivity contribution is -0.138. The van der Waals surface area contributed by atoms with E-state index >= 15 is 0 Å². The van der Waals surface area contributed by atoms with Gasteiger partial charge in [0.25, 0.3) is 0 Å². The summed E-state index contributed by atoms with van der Waals surface area (Å²) in [6, 6.07) is 14.4. The zero-order valence-electron chi connectivity index (χ0n) is 16.9. The highest BCUT2D eigenvalue weighted by Crippen LogP contribution is 2.25. The molecule has 1 heterocycles. The van der Waals surface area contributed by atoms with Crippen LogP contribution in [0.25, 0.3) is 0 Å². The monoisotopic (exact) mass is 368 g/mol. The van der Waals surface area contributed by atoms with Crippen molar-refractivity contribution in [2.24, 2.45) is 5.92 Å². The second kappa shape index (κ2) is 10.1. The van der Waals surface area contributed by atoms with Gasteiger partial charge in [-0.1, -0.05) is 55.5 Å². The molecule has 2 N–H and O–H groups in total. The Kier molecular flexibility index (Phi) is 7.86. The van der Waals surface area contributed by atoms with E-state index in [-0.39, 0.29) is 0 Å². The number of para-hydroxylation sites is 1. The molecular formula is C23H32N2O2. The maximum atomic E-state index is 11.5. The fourth-order valence-electron chi connectivity index (χ4n) is 3.26. The van der Waals surface area contributed by atoms with Crippen LogP contribution in [0.15, 0.2) is 48.5 Å². The number of aliphatic carboxylic acids is 1. The minimum atomic E-state index is -0.881. The van der Waals surface area contributed by atoms with Crippen LogP contribution in [0, 0.1) is 19.8 Å². The van der Waals surface area contributed by atoms with E-state index in [1.165, 1.54) is 25.9 Å². The van der Waals surface area contributed by atoms with E-state index in [2.05, 4.69) is 24.2 Å². The van der Waals surface area contributed by atoms with Crippen LogP contribution < -0.4 is 5.32 Å². The highest BCUT2D eigenvalue weighted by atomic mass is 16.4. The first-order chi connectivity index (χ1) is 12.9. The van der Waals surface area contributed by atoms with Crippen LogP contribution in [0.1, 0.15) is 42.5 Å². The number of nitrogens with zero attached hydrogens (tertiary/aromatic N) is 1. The quantitative estimate of drug-likeness (QED) is 0.807. The lowest BCUT2D eigenvalue weighted by Crippen LogP contribution is -2.28. The second-order valence-corrected chi connectivity index (χ2v) is 7.58. The summed E-state index contributed by atoms with van der Waals surface area (Å²) in [4.78, 5) is 13.9. The van der Waals surface area contributed by atoms with Crippen molar-refractivity contribution in [3.63, 3.8) is 0 Å². The molecule has 3 rings (SSSR count). The number of benzene rings is 2. The van der Waals surface area contributed by atoms with Crippen LogP contribution in [0.2, 0.25) is 0 Å². The van der Waals surface area contributed by atoms with Gasteiger partial charge >= 0.3 is 5.97 Å². The molecule has 0 amide bonds. The number of aryl methyl sites for hydroxylation is 2. The van der Waals surface area contributed by atoms with Crippen molar-refractivity contribution in [3.05, 3.63) is 65.2 Å². The summed E-state index contributed by atoms with van der Waals surface area (Å²) >= 11 is 0. The normalized spacial score (nSPS) is 16.1. The summed E-state index contributed by atoms with van der Waals surface area (Å²) in [5.74, 6) is 0.0973. The Labute approximate surface area is 163 Å². The van der Waals surface area contributed by atoms with Gasteiger partial charge in [0.15, 0.2) is 6.04 Å². The highest BCUT2D eigenvalue weighted by Gasteiger charge is 2.20. The molecule has 27 heavy (non-hydrogen) atoms. The molecule has 1 fully saturated rings. The third-order valence-electron chi connectivity index (χ3n) is 5.16. The molecule has 0 aliphatic carbocycles. The van der Waals surface area contributed by atoms with E-state index in [9.17, 15) is 9.90 Å². The number of hydrogen-bond donors (Lipinski definition) is 2. The van der Waals surface area contributed by atoms with Gasteiger partial charge in [-0.05, 0) is 69.4 Å². The van der Waals surface area contributed by atoms with Crippen LogP contribution in [0.3, 0.4) is 0 Å². The lowest BCUT2D eigenvalue weighted by Gasteiger charge is -2.26. The number of nitrogens with one attached hydrogen (secondary N) is 1. The van der Waals surface area contributed by atoms with E-state index in [1.54, 1.807) is 0 Å². The molecule has 1 atom stereocenters. The maximum absolute atomic E-state index is 11.5. The number of likely N-dealkylation sites (tertiary alicyclic amines) is 1. The SMILES string of the molecule is CC1CCN(C)CC1.Cc1cccc(C)c1NC(C(=O)O)c1ccccc1. The standard InChI is InChI=1S/C16H17NO2.C7H15N/c1-11-7-6-8-12(2)14(11)17-15(16(18)19)13-9-4-3-5-10-13;1-7-3-5-8(2)6-4-7/h3-10,15,17H,1-2H3,(H,18,19);7H,3-6H2,1-2H3. The summed E-state index contributed by atoms with van der Waals surface area (Å²) in [5, 5.41) is 12.5. The number of piperidine rings is 1. The summed E-state index contributed by atoms with van der Waals surface area (Å²) < 4.78 is 0. The zero-order chi connectivity index (χ0) is 19.8. The van der Waals surface area contributed by atoms with Crippen LogP contribution in [0.4, 0.5) is 5.69 Å². The van der Waals surface area contributed by atoms with Crippen molar-refractivity contribution in [2.75, 3.05) is 25.5 Å². The number of carbonyl (C=O) groups is 1. The molecule has 0 radical (unpaired) electrons. The van der Waals surface area contributed by atoms with Crippen LogP contribution >= 0.6 is 0 Å². The molecule has 4 nitrogen and oxygen atoms in total. The Balaban J connectivity index is 0.000000273. The number of anilines is 1. The highest BCUT2D eigenvalue weighted by molar-refractivity contribution is 5.80. The maximum Gasteiger partial charge on any atom is 0.330 e. The van der Waals surface area contributed by atoms with Crippen molar-refractivity contribution in [3.8, 4) is 0 Å². The predicted molar refractivity (Wildman–Crippen MR) is 112 cm³/mol. The topological polar surface area (TPSA) is 52.6 Å². The van der Waals surface area contributed by atoms with E-state index in [0.29, 0.717) is 0 Å². The fourth-order valence-corrected chi connectivity index (χ4v) is 3.26. The molecule has 1 aliphatic rings. The molecule has 0 saturated carbocycles. The summed E-state index contributed by atoms with van der Waals surface area (Å²) in [6.45, 7) is 8.90. The number of hydrogen-bond acceptors (Lipinski definition) is 3. The van der Waals surface area contributed by atoms with Gasteiger partial charge in [0, 0.05) is 5.69 Å². The molecule has 1 unspecified atom stereocenters. The third kappa shape index (κ3) is 6.40. The average Bonchev–Trinajstić information content (AvgIpc) is 2.65. The molecule has 146 valence electrons. The van der Waals surface area contributed by atoms with Crippen LogP contribution in [-0.4, -0.2) is 36.1 Å². The smallest absolute Gasteiger partial charge is 0.330 e. The van der Waals surface area contributed by atoms with Gasteiger partial charge in [0.1, 0.15) is 0 Å². The minimum Gasteiger partial charge on any atom is -0.479 e. The summed E-state index contributed by atoms with van der Waals surface area (Å²) in [6.07, 6.45) is 2.80. The summed E-state index contributed by atoms with van der Waals surface area (Å²) in [5.41, 5.74) is 3.72. The van der Waals surface area contributed by atoms with Crippen molar-refractivity contribution < 1.29 is 9.90 Å². The second-order valence-electron chi connectivity index (χ2n) is 7.58. The van der Waals surface area contributed by atoms with Crippen molar-refractivity contribution in [1.29, 1.82) is 0 Å². The van der Waals surface area contributed by atoms with Gasteiger partial charge in [-0.2, -0.15) is 0 Å². The number of carboxylic acids is 1. The Bertz CT molecular complexity index is 692. The molecule has 2 aromatic carbocycles. The van der Waals surface area contributed by atoms with E-state index < -0.39 is 12.0 Å². The third-order valence-corrected chi connectivity index (χ3v) is 5.16. The molecule has 1 saturated heterocycles. The zero-order valence-corrected chi connectivity index (χ0v) is 16.9. The largest absolute Gasteiger partial charge is 0.479 e. The van der Waals surface area contributed by atoms with Crippen LogP contribution in [-0.2, 0) is 4.79 Å². The fraction of sp³-hybridized carbons (Fsp3) is 0.435. The van der Waals surface area contributed by atoms with Crippen molar-refractivity contribution in [2.45, 2.75) is 39.7 Å². The first kappa shape index (κ1) is 21.0. The molecule has 2 aromatic rings. The summed E-state index contributed by atoms with van der Waals surface area (Å²) in [7, 11) is 2.20.